The topological polar surface area (TPSA) is 98.5 Å². The maximum absolute atomic E-state index is 11.9. The second kappa shape index (κ2) is 9.79. The fraction of sp³-hybridized carbons (Fsp3) is 0.176. The van der Waals surface area contributed by atoms with Crippen molar-refractivity contribution in [3.63, 3.8) is 0 Å². The zero-order chi connectivity index (χ0) is 18.9. The lowest BCUT2D eigenvalue weighted by Gasteiger charge is -2.07. The predicted molar refractivity (Wildman–Crippen MR) is 98.6 cm³/mol. The highest BCUT2D eigenvalue weighted by molar-refractivity contribution is 7.99. The standard InChI is InChI=1S/C17H15ClN2O5S/c18-13-4-6-15(7-5-13)26-9-8-25-16(21)11-19-17(22)12-2-1-3-14(10-12)20(23)24/h1-7,10H,8-9,11H2,(H,19,22). The molecule has 0 aromatic heterocycles. The van der Waals surface area contributed by atoms with Crippen LogP contribution in [0.25, 0.3) is 0 Å². The Hall–Kier alpha value is -2.58. The SMILES string of the molecule is O=C(CNC(=O)c1cccc([N+](=O)[O-])c1)OCCSc1ccc(Cl)cc1. The quantitative estimate of drug-likeness (QED) is 0.242. The van der Waals surface area contributed by atoms with E-state index in [0.29, 0.717) is 10.8 Å². The van der Waals surface area contributed by atoms with Crippen LogP contribution in [-0.4, -0.2) is 35.7 Å². The number of carbonyl (C=O) groups excluding carboxylic acids is 2. The largest absolute Gasteiger partial charge is 0.463 e. The number of hydrogen-bond donors (Lipinski definition) is 1. The second-order valence-electron chi connectivity index (χ2n) is 5.01. The highest BCUT2D eigenvalue weighted by atomic mass is 35.5. The number of benzene rings is 2. The number of nitrogens with zero attached hydrogens (tertiary/aromatic N) is 1. The van der Waals surface area contributed by atoms with Gasteiger partial charge in [0.1, 0.15) is 13.2 Å². The number of thioether (sulfide) groups is 1. The molecule has 0 unspecified atom stereocenters. The Morgan fingerprint density at radius 1 is 1.19 bits per heavy atom. The molecule has 0 atom stereocenters. The molecular weight excluding hydrogens is 380 g/mol. The Morgan fingerprint density at radius 3 is 2.62 bits per heavy atom. The number of nitro benzene ring substituents is 1. The number of halogens is 1. The number of hydrogen-bond acceptors (Lipinski definition) is 6. The second-order valence-corrected chi connectivity index (χ2v) is 6.62. The van der Waals surface area contributed by atoms with Crippen LogP contribution in [0, 0.1) is 10.1 Å². The van der Waals surface area contributed by atoms with E-state index < -0.39 is 16.8 Å². The van der Waals surface area contributed by atoms with Gasteiger partial charge in [0.2, 0.25) is 0 Å². The molecule has 0 saturated heterocycles. The molecule has 0 fully saturated rings. The molecule has 0 heterocycles. The van der Waals surface area contributed by atoms with Crippen LogP contribution in [0.15, 0.2) is 53.4 Å². The molecule has 9 heteroatoms. The minimum atomic E-state index is -0.594. The van der Waals surface area contributed by atoms with Crippen LogP contribution in [-0.2, 0) is 9.53 Å². The van der Waals surface area contributed by atoms with Crippen LogP contribution in [0.1, 0.15) is 10.4 Å². The molecule has 0 aliphatic rings. The number of nitro groups is 1. The first-order chi connectivity index (χ1) is 12.5. The normalized spacial score (nSPS) is 10.2. The molecular formula is C17H15ClN2O5S. The third-order valence-corrected chi connectivity index (χ3v) is 4.37. The molecule has 0 saturated carbocycles. The van der Waals surface area contributed by atoms with E-state index in [9.17, 15) is 19.7 Å². The molecule has 136 valence electrons. The number of amides is 1. The van der Waals surface area contributed by atoms with Crippen molar-refractivity contribution < 1.29 is 19.2 Å². The maximum Gasteiger partial charge on any atom is 0.325 e. The molecule has 2 aromatic carbocycles. The lowest BCUT2D eigenvalue weighted by Crippen LogP contribution is -2.31. The van der Waals surface area contributed by atoms with Crippen LogP contribution in [0.5, 0.6) is 0 Å². The van der Waals surface area contributed by atoms with Crippen LogP contribution in [0.3, 0.4) is 0 Å². The Balaban J connectivity index is 1.69. The van der Waals surface area contributed by atoms with Gasteiger partial charge in [-0.3, -0.25) is 19.7 Å². The molecule has 0 bridgehead atoms. The summed E-state index contributed by atoms with van der Waals surface area (Å²) in [6.07, 6.45) is 0. The summed E-state index contributed by atoms with van der Waals surface area (Å²) >= 11 is 7.31. The maximum atomic E-state index is 11.9. The lowest BCUT2D eigenvalue weighted by atomic mass is 10.2. The summed E-state index contributed by atoms with van der Waals surface area (Å²) in [6.45, 7) is -0.119. The van der Waals surface area contributed by atoms with E-state index in [-0.39, 0.29) is 24.4 Å². The fourth-order valence-corrected chi connectivity index (χ4v) is 2.77. The zero-order valence-corrected chi connectivity index (χ0v) is 15.1. The van der Waals surface area contributed by atoms with Gasteiger partial charge in [-0.15, -0.1) is 11.8 Å². The van der Waals surface area contributed by atoms with E-state index in [1.54, 1.807) is 12.1 Å². The third kappa shape index (κ3) is 6.38. The number of rotatable bonds is 8. The number of esters is 1. The molecule has 26 heavy (non-hydrogen) atoms. The molecule has 0 aliphatic heterocycles. The molecule has 0 aliphatic carbocycles. The monoisotopic (exact) mass is 394 g/mol. The summed E-state index contributed by atoms with van der Waals surface area (Å²) in [7, 11) is 0. The van der Waals surface area contributed by atoms with E-state index in [2.05, 4.69) is 5.32 Å². The first kappa shape index (κ1) is 19.7. The highest BCUT2D eigenvalue weighted by Crippen LogP contribution is 2.20. The Bertz CT molecular complexity index is 798. The Morgan fingerprint density at radius 2 is 1.92 bits per heavy atom. The van der Waals surface area contributed by atoms with Gasteiger partial charge in [0.05, 0.1) is 4.92 Å². The molecule has 1 N–H and O–H groups in total. The fourth-order valence-electron chi connectivity index (χ4n) is 1.91. The van der Waals surface area contributed by atoms with Crippen molar-refractivity contribution >= 4 is 40.9 Å². The summed E-state index contributed by atoms with van der Waals surface area (Å²) in [4.78, 5) is 34.7. The van der Waals surface area contributed by atoms with Crippen molar-refractivity contribution in [3.05, 3.63) is 69.2 Å². The van der Waals surface area contributed by atoms with Crippen molar-refractivity contribution in [2.75, 3.05) is 18.9 Å². The van der Waals surface area contributed by atoms with Gasteiger partial charge in [-0.05, 0) is 30.3 Å². The number of carbonyl (C=O) groups is 2. The first-order valence-electron chi connectivity index (χ1n) is 7.52. The number of ether oxygens (including phenoxy) is 1. The minimum absolute atomic E-state index is 0.102. The van der Waals surface area contributed by atoms with Crippen molar-refractivity contribution in [3.8, 4) is 0 Å². The van der Waals surface area contributed by atoms with Crippen molar-refractivity contribution in [2.24, 2.45) is 0 Å². The Labute approximate surface area is 158 Å². The van der Waals surface area contributed by atoms with Crippen LogP contribution in [0.2, 0.25) is 5.02 Å². The van der Waals surface area contributed by atoms with Gasteiger partial charge >= 0.3 is 5.97 Å². The summed E-state index contributed by atoms with van der Waals surface area (Å²) in [5.41, 5.74) is -0.0928. The summed E-state index contributed by atoms with van der Waals surface area (Å²) < 4.78 is 5.03. The van der Waals surface area contributed by atoms with Crippen molar-refractivity contribution in [2.45, 2.75) is 4.90 Å². The van der Waals surface area contributed by atoms with Crippen molar-refractivity contribution in [1.29, 1.82) is 0 Å². The van der Waals surface area contributed by atoms with Gasteiger partial charge in [-0.1, -0.05) is 17.7 Å². The molecule has 2 aromatic rings. The summed E-state index contributed by atoms with van der Waals surface area (Å²) in [5.74, 6) is -0.603. The van der Waals surface area contributed by atoms with Crippen LogP contribution in [0.4, 0.5) is 5.69 Å². The molecule has 7 nitrogen and oxygen atoms in total. The van der Waals surface area contributed by atoms with E-state index >= 15 is 0 Å². The van der Waals surface area contributed by atoms with Gasteiger partial charge < -0.3 is 10.1 Å². The summed E-state index contributed by atoms with van der Waals surface area (Å²) in [6, 6.07) is 12.5. The van der Waals surface area contributed by atoms with E-state index in [4.69, 9.17) is 16.3 Å². The van der Waals surface area contributed by atoms with E-state index in [1.807, 2.05) is 12.1 Å². The van der Waals surface area contributed by atoms with Crippen molar-refractivity contribution in [1.82, 2.24) is 5.32 Å². The third-order valence-electron chi connectivity index (χ3n) is 3.14. The van der Waals surface area contributed by atoms with Gasteiger partial charge in [0.25, 0.3) is 11.6 Å². The van der Waals surface area contributed by atoms with E-state index in [1.165, 1.54) is 30.0 Å². The molecule has 0 spiro atoms. The molecule has 1 amide bonds. The highest BCUT2D eigenvalue weighted by Gasteiger charge is 2.12. The van der Waals surface area contributed by atoms with E-state index in [0.717, 1.165) is 11.0 Å². The number of non-ortho nitro benzene ring substituents is 1. The average Bonchev–Trinajstić information content (AvgIpc) is 2.64. The van der Waals surface area contributed by atoms with Gasteiger partial charge in [-0.2, -0.15) is 0 Å². The average molecular weight is 395 g/mol. The van der Waals surface area contributed by atoms with Gasteiger partial charge in [0.15, 0.2) is 0 Å². The molecule has 2 rings (SSSR count). The zero-order valence-electron chi connectivity index (χ0n) is 13.5. The smallest absolute Gasteiger partial charge is 0.325 e. The minimum Gasteiger partial charge on any atom is -0.463 e. The predicted octanol–water partition coefficient (Wildman–Crippen LogP) is 3.31. The van der Waals surface area contributed by atoms with Crippen LogP contribution < -0.4 is 5.32 Å². The van der Waals surface area contributed by atoms with Gasteiger partial charge in [0, 0.05) is 33.4 Å². The van der Waals surface area contributed by atoms with Crippen LogP contribution >= 0.6 is 23.4 Å². The summed E-state index contributed by atoms with van der Waals surface area (Å²) in [5, 5.41) is 13.7. The Kier molecular flexibility index (Phi) is 7.43. The molecule has 0 radical (unpaired) electrons. The lowest BCUT2D eigenvalue weighted by molar-refractivity contribution is -0.384. The van der Waals surface area contributed by atoms with Gasteiger partial charge in [-0.25, -0.2) is 0 Å². The number of nitrogens with one attached hydrogen (secondary N) is 1. The first-order valence-corrected chi connectivity index (χ1v) is 8.88.